The lowest BCUT2D eigenvalue weighted by Gasteiger charge is -2.20. The molecule has 16 heavy (non-hydrogen) atoms. The number of aliphatic hydroxyl groups is 1. The van der Waals surface area contributed by atoms with Gasteiger partial charge in [0.25, 0.3) is 5.91 Å². The third-order valence-corrected chi connectivity index (χ3v) is 4.59. The van der Waals surface area contributed by atoms with Gasteiger partial charge in [-0.05, 0) is 25.3 Å². The van der Waals surface area contributed by atoms with E-state index in [1.54, 1.807) is 12.1 Å². The van der Waals surface area contributed by atoms with Crippen molar-refractivity contribution in [2.75, 3.05) is 12.9 Å². The quantitative estimate of drug-likeness (QED) is 0.869. The first-order valence-corrected chi connectivity index (χ1v) is 7.26. The van der Waals surface area contributed by atoms with Gasteiger partial charge in [0.2, 0.25) is 0 Å². The topological polar surface area (TPSA) is 49.3 Å². The molecule has 0 aromatic carbocycles. The average molecular weight is 280 g/mol. The predicted molar refractivity (Wildman–Crippen MR) is 70.6 cm³/mol. The highest BCUT2D eigenvalue weighted by molar-refractivity contribution is 7.99. The molecule has 1 amide bonds. The summed E-state index contributed by atoms with van der Waals surface area (Å²) in [5, 5.41) is 12.0. The van der Waals surface area contributed by atoms with E-state index in [2.05, 4.69) is 5.32 Å². The number of halogens is 1. The van der Waals surface area contributed by atoms with E-state index in [0.29, 0.717) is 9.21 Å². The van der Waals surface area contributed by atoms with Gasteiger partial charge in [0, 0.05) is 11.3 Å². The molecule has 2 atom stereocenters. The molecule has 3 nitrogen and oxygen atoms in total. The number of aliphatic hydroxyl groups excluding tert-OH is 1. The molecule has 0 aliphatic carbocycles. The van der Waals surface area contributed by atoms with Gasteiger partial charge < -0.3 is 10.4 Å². The van der Waals surface area contributed by atoms with Gasteiger partial charge in [-0.1, -0.05) is 11.6 Å². The first-order chi connectivity index (χ1) is 7.58. The van der Waals surface area contributed by atoms with Crippen molar-refractivity contribution in [3.05, 3.63) is 21.3 Å². The molecule has 0 radical (unpaired) electrons. The van der Waals surface area contributed by atoms with Crippen LogP contribution < -0.4 is 5.32 Å². The molecule has 0 aliphatic heterocycles. The Hall–Kier alpha value is -0.230. The molecule has 1 heterocycles. The predicted octanol–water partition coefficient (Wildman–Crippen LogP) is 2.24. The molecule has 2 N–H and O–H groups in total. The summed E-state index contributed by atoms with van der Waals surface area (Å²) in [4.78, 5) is 12.3. The highest BCUT2D eigenvalue weighted by Gasteiger charge is 2.18. The van der Waals surface area contributed by atoms with Crippen LogP contribution in [0, 0.1) is 0 Å². The number of nitrogens with one attached hydrogen (secondary N) is 1. The van der Waals surface area contributed by atoms with E-state index in [0.717, 1.165) is 0 Å². The Balaban J connectivity index is 2.57. The summed E-state index contributed by atoms with van der Waals surface area (Å²) in [6.07, 6.45) is 1.91. The zero-order valence-electron chi connectivity index (χ0n) is 9.07. The minimum absolute atomic E-state index is 0.0133. The summed E-state index contributed by atoms with van der Waals surface area (Å²) in [7, 11) is 0. The summed E-state index contributed by atoms with van der Waals surface area (Å²) < 4.78 is 0.598. The monoisotopic (exact) mass is 279 g/mol. The van der Waals surface area contributed by atoms with E-state index in [1.807, 2.05) is 13.2 Å². The Morgan fingerprint density at radius 3 is 2.81 bits per heavy atom. The van der Waals surface area contributed by atoms with Crippen molar-refractivity contribution in [2.45, 2.75) is 18.2 Å². The molecule has 6 heteroatoms. The molecular weight excluding hydrogens is 266 g/mol. The van der Waals surface area contributed by atoms with E-state index in [9.17, 15) is 4.79 Å². The smallest absolute Gasteiger partial charge is 0.261 e. The maximum atomic E-state index is 11.8. The minimum Gasteiger partial charge on any atom is -0.395 e. The zero-order valence-corrected chi connectivity index (χ0v) is 11.5. The van der Waals surface area contributed by atoms with Crippen molar-refractivity contribution in [3.8, 4) is 0 Å². The van der Waals surface area contributed by atoms with Crippen molar-refractivity contribution in [2.24, 2.45) is 0 Å². The molecular formula is C10H14ClNO2S2. The normalized spacial score (nSPS) is 14.5. The molecule has 0 saturated carbocycles. The van der Waals surface area contributed by atoms with Crippen molar-refractivity contribution in [1.29, 1.82) is 0 Å². The molecule has 0 saturated heterocycles. The summed E-state index contributed by atoms with van der Waals surface area (Å²) in [6.45, 7) is 1.93. The Bertz CT molecular complexity index is 352. The van der Waals surface area contributed by atoms with Crippen LogP contribution in [0.4, 0.5) is 0 Å². The number of hydrogen-bond acceptors (Lipinski definition) is 4. The Morgan fingerprint density at radius 2 is 2.38 bits per heavy atom. The maximum Gasteiger partial charge on any atom is 0.261 e. The van der Waals surface area contributed by atoms with Gasteiger partial charge in [0.15, 0.2) is 0 Å². The van der Waals surface area contributed by atoms with Crippen molar-refractivity contribution in [1.82, 2.24) is 5.32 Å². The lowest BCUT2D eigenvalue weighted by molar-refractivity contribution is 0.0940. The van der Waals surface area contributed by atoms with Crippen molar-refractivity contribution < 1.29 is 9.90 Å². The van der Waals surface area contributed by atoms with Crippen LogP contribution in [0.5, 0.6) is 0 Å². The van der Waals surface area contributed by atoms with E-state index >= 15 is 0 Å². The van der Waals surface area contributed by atoms with Crippen molar-refractivity contribution >= 4 is 40.6 Å². The van der Waals surface area contributed by atoms with Crippen LogP contribution in [0.15, 0.2) is 12.1 Å². The van der Waals surface area contributed by atoms with Crippen LogP contribution in [0.25, 0.3) is 0 Å². The molecule has 1 aromatic heterocycles. The second-order valence-electron chi connectivity index (χ2n) is 3.32. The minimum atomic E-state index is -0.142. The highest BCUT2D eigenvalue weighted by atomic mass is 35.5. The average Bonchev–Trinajstić information content (AvgIpc) is 2.66. The van der Waals surface area contributed by atoms with E-state index in [1.165, 1.54) is 23.1 Å². The van der Waals surface area contributed by atoms with E-state index < -0.39 is 0 Å². The molecule has 1 rings (SSSR count). The van der Waals surface area contributed by atoms with Crippen LogP contribution in [0.1, 0.15) is 16.6 Å². The second kappa shape index (κ2) is 6.49. The number of thioether (sulfide) groups is 1. The van der Waals surface area contributed by atoms with Crippen LogP contribution >= 0.6 is 34.7 Å². The number of carbonyl (C=O) groups excluding carboxylic acids is 1. The van der Waals surface area contributed by atoms with Crippen LogP contribution in [-0.4, -0.2) is 35.2 Å². The highest BCUT2D eigenvalue weighted by Crippen LogP contribution is 2.21. The molecule has 0 bridgehead atoms. The number of thiophene rings is 1. The Morgan fingerprint density at radius 1 is 1.69 bits per heavy atom. The van der Waals surface area contributed by atoms with Crippen molar-refractivity contribution in [3.63, 3.8) is 0 Å². The van der Waals surface area contributed by atoms with Gasteiger partial charge in [0.05, 0.1) is 15.8 Å². The van der Waals surface area contributed by atoms with E-state index in [4.69, 9.17) is 16.7 Å². The van der Waals surface area contributed by atoms with Crippen LogP contribution in [0.3, 0.4) is 0 Å². The van der Waals surface area contributed by atoms with E-state index in [-0.39, 0.29) is 23.8 Å². The van der Waals surface area contributed by atoms with Gasteiger partial charge in [0.1, 0.15) is 0 Å². The van der Waals surface area contributed by atoms with Crippen LogP contribution in [0.2, 0.25) is 4.34 Å². The molecule has 0 spiro atoms. The fourth-order valence-electron chi connectivity index (χ4n) is 1.24. The molecule has 1 aromatic rings. The first-order valence-electron chi connectivity index (χ1n) is 4.78. The number of hydrogen-bond donors (Lipinski definition) is 2. The summed E-state index contributed by atoms with van der Waals surface area (Å²) in [5.74, 6) is -0.142. The Labute approximate surface area is 108 Å². The summed E-state index contributed by atoms with van der Waals surface area (Å²) in [5.41, 5.74) is 0. The summed E-state index contributed by atoms with van der Waals surface area (Å²) >= 11 is 8.53. The van der Waals surface area contributed by atoms with Gasteiger partial charge in [-0.25, -0.2) is 0 Å². The maximum absolute atomic E-state index is 11.8. The third kappa shape index (κ3) is 3.66. The lowest BCUT2D eigenvalue weighted by atomic mass is 10.2. The molecule has 0 aliphatic rings. The van der Waals surface area contributed by atoms with Gasteiger partial charge in [-0.2, -0.15) is 11.8 Å². The molecule has 90 valence electrons. The van der Waals surface area contributed by atoms with Gasteiger partial charge in [-0.3, -0.25) is 4.79 Å². The third-order valence-electron chi connectivity index (χ3n) is 2.20. The first kappa shape index (κ1) is 13.8. The number of rotatable bonds is 5. The van der Waals surface area contributed by atoms with Crippen LogP contribution in [-0.2, 0) is 0 Å². The van der Waals surface area contributed by atoms with Gasteiger partial charge in [-0.15, -0.1) is 11.3 Å². The second-order valence-corrected chi connectivity index (χ2v) is 6.11. The standard InChI is InChI=1S/C10H14ClNO2S2/c1-6(8(5-13)15-2)12-10(14)7-3-4-9(11)16-7/h3-4,6,8,13H,5H2,1-2H3,(H,12,14). The number of amides is 1. The lowest BCUT2D eigenvalue weighted by Crippen LogP contribution is -2.40. The largest absolute Gasteiger partial charge is 0.395 e. The number of carbonyl (C=O) groups is 1. The molecule has 2 unspecified atom stereocenters. The Kier molecular flexibility index (Phi) is 5.61. The SMILES string of the molecule is CSC(CO)C(C)NC(=O)c1ccc(Cl)s1. The molecule has 0 fully saturated rings. The summed E-state index contributed by atoms with van der Waals surface area (Å²) in [6, 6.07) is 3.32. The fraction of sp³-hybridized carbons (Fsp3) is 0.500. The zero-order chi connectivity index (χ0) is 12.1. The van der Waals surface area contributed by atoms with Gasteiger partial charge >= 0.3 is 0 Å². The fourth-order valence-corrected chi connectivity index (χ4v) is 2.82.